The van der Waals surface area contributed by atoms with Gasteiger partial charge in [-0.05, 0) is 18.9 Å². The minimum absolute atomic E-state index is 0.149. The van der Waals surface area contributed by atoms with Gasteiger partial charge in [0.1, 0.15) is 0 Å². The molecule has 0 saturated heterocycles. The van der Waals surface area contributed by atoms with Gasteiger partial charge in [-0.1, -0.05) is 30.3 Å². The third-order valence-corrected chi connectivity index (χ3v) is 3.09. The quantitative estimate of drug-likeness (QED) is 0.642. The van der Waals surface area contributed by atoms with Crippen LogP contribution in [0.5, 0.6) is 0 Å². The fraction of sp³-hybridized carbons (Fsp3) is 0.286. The van der Waals surface area contributed by atoms with Crippen molar-refractivity contribution in [1.82, 2.24) is 15.5 Å². The van der Waals surface area contributed by atoms with E-state index in [1.165, 1.54) is 0 Å². The fourth-order valence-corrected chi connectivity index (χ4v) is 1.92. The maximum Gasteiger partial charge on any atom is 0.274 e. The molecule has 1 aromatic carbocycles. The molecule has 6 nitrogen and oxygen atoms in total. The van der Waals surface area contributed by atoms with Crippen LogP contribution in [-0.4, -0.2) is 33.9 Å². The number of hydrogen-bond donors (Lipinski definition) is 4. The molecule has 0 radical (unpaired) electrons. The van der Waals surface area contributed by atoms with Crippen molar-refractivity contribution in [3.8, 4) is 0 Å². The molecular weight excluding hydrogens is 256 g/mol. The minimum atomic E-state index is -0.387. The predicted octanol–water partition coefficient (Wildman–Crippen LogP) is 0.634. The van der Waals surface area contributed by atoms with Crippen LogP contribution in [0, 0.1) is 6.92 Å². The first-order valence-electron chi connectivity index (χ1n) is 6.38. The lowest BCUT2D eigenvalue weighted by molar-refractivity contribution is 0.0912. The van der Waals surface area contributed by atoms with Gasteiger partial charge >= 0.3 is 0 Å². The van der Waals surface area contributed by atoms with E-state index < -0.39 is 0 Å². The van der Waals surface area contributed by atoms with Crippen molar-refractivity contribution in [1.29, 1.82) is 0 Å². The molecule has 1 amide bonds. The molecule has 1 heterocycles. The highest BCUT2D eigenvalue weighted by Crippen LogP contribution is 2.12. The van der Waals surface area contributed by atoms with E-state index in [1.54, 1.807) is 6.92 Å². The number of nitrogen functional groups attached to an aromatic ring is 1. The Morgan fingerprint density at radius 2 is 2.15 bits per heavy atom. The van der Waals surface area contributed by atoms with Gasteiger partial charge in [-0.25, -0.2) is 0 Å². The van der Waals surface area contributed by atoms with Gasteiger partial charge in [-0.15, -0.1) is 0 Å². The smallest absolute Gasteiger partial charge is 0.274 e. The summed E-state index contributed by atoms with van der Waals surface area (Å²) in [5, 5.41) is 18.6. The van der Waals surface area contributed by atoms with E-state index >= 15 is 0 Å². The van der Waals surface area contributed by atoms with Crippen LogP contribution in [0.3, 0.4) is 0 Å². The number of anilines is 1. The Labute approximate surface area is 117 Å². The third kappa shape index (κ3) is 3.16. The number of nitrogens with two attached hydrogens (primary N) is 1. The monoisotopic (exact) mass is 274 g/mol. The zero-order valence-corrected chi connectivity index (χ0v) is 11.3. The molecule has 0 unspecified atom stereocenters. The SMILES string of the molecule is Cc1[nH]nc(C(=O)N[C@@H](CO)Cc2ccccc2)c1N. The Hall–Kier alpha value is -2.34. The molecule has 1 atom stereocenters. The highest BCUT2D eigenvalue weighted by Gasteiger charge is 2.19. The summed E-state index contributed by atoms with van der Waals surface area (Å²) in [5.74, 6) is -0.387. The lowest BCUT2D eigenvalue weighted by Crippen LogP contribution is -2.39. The van der Waals surface area contributed by atoms with Crippen molar-refractivity contribution in [2.45, 2.75) is 19.4 Å². The summed E-state index contributed by atoms with van der Waals surface area (Å²) in [7, 11) is 0. The maximum atomic E-state index is 12.1. The average molecular weight is 274 g/mol. The summed E-state index contributed by atoms with van der Waals surface area (Å²) in [4.78, 5) is 12.1. The normalized spacial score (nSPS) is 12.1. The number of carbonyl (C=O) groups is 1. The van der Waals surface area contributed by atoms with E-state index in [0.29, 0.717) is 17.8 Å². The van der Waals surface area contributed by atoms with Gasteiger partial charge in [0.15, 0.2) is 5.69 Å². The van der Waals surface area contributed by atoms with Crippen molar-refractivity contribution in [3.63, 3.8) is 0 Å². The summed E-state index contributed by atoms with van der Waals surface area (Å²) >= 11 is 0. The number of amides is 1. The van der Waals surface area contributed by atoms with E-state index in [9.17, 15) is 9.90 Å². The molecule has 6 heteroatoms. The van der Waals surface area contributed by atoms with Crippen LogP contribution in [0.4, 0.5) is 5.69 Å². The zero-order chi connectivity index (χ0) is 14.5. The van der Waals surface area contributed by atoms with Gasteiger partial charge in [0.2, 0.25) is 0 Å². The number of rotatable bonds is 5. The molecule has 0 saturated carbocycles. The van der Waals surface area contributed by atoms with Crippen LogP contribution in [-0.2, 0) is 6.42 Å². The van der Waals surface area contributed by atoms with E-state index in [2.05, 4.69) is 15.5 Å². The number of aromatic amines is 1. The summed E-state index contributed by atoms with van der Waals surface area (Å²) in [6.07, 6.45) is 0.548. The number of aromatic nitrogens is 2. The molecule has 0 aliphatic heterocycles. The standard InChI is InChI=1S/C14H18N4O2/c1-9-12(15)13(18-17-9)14(20)16-11(8-19)7-10-5-3-2-4-6-10/h2-6,11,19H,7-8,15H2,1H3,(H,16,20)(H,17,18)/t11-/m1/s1. The number of aryl methyl sites for hydroxylation is 1. The van der Waals surface area contributed by atoms with Gasteiger partial charge in [-0.2, -0.15) is 5.10 Å². The number of aliphatic hydroxyl groups is 1. The fourth-order valence-electron chi connectivity index (χ4n) is 1.92. The molecule has 0 aliphatic carbocycles. The molecule has 0 fully saturated rings. The number of carbonyl (C=O) groups excluding carboxylic acids is 1. The second kappa shape index (κ2) is 6.21. The number of aliphatic hydroxyl groups excluding tert-OH is 1. The predicted molar refractivity (Wildman–Crippen MR) is 76.2 cm³/mol. The van der Waals surface area contributed by atoms with Crippen LogP contribution in [0.2, 0.25) is 0 Å². The van der Waals surface area contributed by atoms with Crippen LogP contribution < -0.4 is 11.1 Å². The van der Waals surface area contributed by atoms with E-state index in [4.69, 9.17) is 5.73 Å². The van der Waals surface area contributed by atoms with E-state index in [-0.39, 0.29) is 24.2 Å². The summed E-state index contributed by atoms with van der Waals surface area (Å²) in [5.41, 5.74) is 7.94. The summed E-state index contributed by atoms with van der Waals surface area (Å²) in [6.45, 7) is 1.59. The topological polar surface area (TPSA) is 104 Å². The second-order valence-corrected chi connectivity index (χ2v) is 4.65. The largest absolute Gasteiger partial charge is 0.395 e. The Morgan fingerprint density at radius 1 is 1.45 bits per heavy atom. The molecular formula is C14H18N4O2. The number of benzene rings is 1. The molecule has 0 bridgehead atoms. The first-order valence-corrected chi connectivity index (χ1v) is 6.38. The Bertz CT molecular complexity index is 580. The molecule has 0 aliphatic rings. The van der Waals surface area contributed by atoms with E-state index in [0.717, 1.165) is 5.56 Å². The van der Waals surface area contributed by atoms with Crippen molar-refractivity contribution < 1.29 is 9.90 Å². The van der Waals surface area contributed by atoms with Gasteiger partial charge in [-0.3, -0.25) is 9.89 Å². The lowest BCUT2D eigenvalue weighted by Gasteiger charge is -2.15. The number of nitrogens with zero attached hydrogens (tertiary/aromatic N) is 1. The molecule has 106 valence electrons. The number of H-pyrrole nitrogens is 1. The van der Waals surface area contributed by atoms with Crippen LogP contribution in [0.25, 0.3) is 0 Å². The Morgan fingerprint density at radius 3 is 2.70 bits per heavy atom. The van der Waals surface area contributed by atoms with Gasteiger partial charge < -0.3 is 16.2 Å². The third-order valence-electron chi connectivity index (χ3n) is 3.09. The molecule has 2 aromatic rings. The van der Waals surface area contributed by atoms with Crippen LogP contribution >= 0.6 is 0 Å². The summed E-state index contributed by atoms with van der Waals surface area (Å²) in [6, 6.07) is 9.27. The molecule has 1 aromatic heterocycles. The number of nitrogens with one attached hydrogen (secondary N) is 2. The van der Waals surface area contributed by atoms with Gasteiger partial charge in [0, 0.05) is 0 Å². The van der Waals surface area contributed by atoms with Crippen molar-refractivity contribution in [3.05, 3.63) is 47.3 Å². The van der Waals surface area contributed by atoms with Gasteiger partial charge in [0.25, 0.3) is 5.91 Å². The second-order valence-electron chi connectivity index (χ2n) is 4.65. The van der Waals surface area contributed by atoms with Crippen molar-refractivity contribution in [2.24, 2.45) is 0 Å². The summed E-state index contributed by atoms with van der Waals surface area (Å²) < 4.78 is 0. The molecule has 20 heavy (non-hydrogen) atoms. The Kier molecular flexibility index (Phi) is 4.37. The molecule has 2 rings (SSSR count). The lowest BCUT2D eigenvalue weighted by atomic mass is 10.1. The highest BCUT2D eigenvalue weighted by atomic mass is 16.3. The van der Waals surface area contributed by atoms with Gasteiger partial charge in [0.05, 0.1) is 24.0 Å². The number of hydrogen-bond acceptors (Lipinski definition) is 4. The molecule has 0 spiro atoms. The van der Waals surface area contributed by atoms with E-state index in [1.807, 2.05) is 30.3 Å². The van der Waals surface area contributed by atoms with Crippen LogP contribution in [0.1, 0.15) is 21.7 Å². The van der Waals surface area contributed by atoms with Crippen molar-refractivity contribution >= 4 is 11.6 Å². The van der Waals surface area contributed by atoms with Crippen LogP contribution in [0.15, 0.2) is 30.3 Å². The molecule has 5 N–H and O–H groups in total. The maximum absolute atomic E-state index is 12.1. The highest BCUT2D eigenvalue weighted by molar-refractivity contribution is 5.97. The average Bonchev–Trinajstić information content (AvgIpc) is 2.79. The Balaban J connectivity index is 2.03. The zero-order valence-electron chi connectivity index (χ0n) is 11.3. The first kappa shape index (κ1) is 14.1. The minimum Gasteiger partial charge on any atom is -0.395 e. The first-order chi connectivity index (χ1) is 9.61. The van der Waals surface area contributed by atoms with Crippen molar-refractivity contribution in [2.75, 3.05) is 12.3 Å².